The first-order chi connectivity index (χ1) is 11.1. The van der Waals surface area contributed by atoms with Gasteiger partial charge in [0.2, 0.25) is 5.95 Å². The van der Waals surface area contributed by atoms with Gasteiger partial charge in [0.25, 0.3) is 0 Å². The maximum Gasteiger partial charge on any atom is 0.244 e. The quantitative estimate of drug-likeness (QED) is 0.855. The number of anilines is 1. The van der Waals surface area contributed by atoms with Crippen LogP contribution in [0, 0.1) is 0 Å². The minimum Gasteiger partial charge on any atom is -0.485 e. The van der Waals surface area contributed by atoms with Crippen molar-refractivity contribution in [1.82, 2.24) is 15.2 Å². The highest BCUT2D eigenvalue weighted by Gasteiger charge is 2.28. The second-order valence-electron chi connectivity index (χ2n) is 5.52. The van der Waals surface area contributed by atoms with Crippen molar-refractivity contribution >= 4 is 15.8 Å². The van der Waals surface area contributed by atoms with E-state index in [2.05, 4.69) is 15.2 Å². The number of rotatable bonds is 2. The molecule has 9 heteroatoms. The van der Waals surface area contributed by atoms with E-state index in [0.717, 1.165) is 0 Å². The van der Waals surface area contributed by atoms with Crippen LogP contribution in [-0.4, -0.2) is 54.8 Å². The van der Waals surface area contributed by atoms with Crippen molar-refractivity contribution < 1.29 is 17.9 Å². The normalized spacial score (nSPS) is 22.8. The number of hydrogen-bond donors (Lipinski definition) is 1. The minimum atomic E-state index is -2.92. The Bertz CT molecular complexity index is 806. The predicted molar refractivity (Wildman–Crippen MR) is 82.6 cm³/mol. The molecular formula is C14H16N4O4S. The first-order valence-electron chi connectivity index (χ1n) is 7.37. The van der Waals surface area contributed by atoms with Crippen molar-refractivity contribution in [2.45, 2.75) is 6.10 Å². The summed E-state index contributed by atoms with van der Waals surface area (Å²) in [5.74, 6) is 2.72. The molecule has 1 fully saturated rings. The standard InChI is InChI=1S/C14H16N4O4S/c19-23(20)7-5-18(6-8-23)14-15-13(16-17-14)12-9-21-10-3-1-2-4-11(10)22-12/h1-4,12H,5-9H2,(H,15,16,17). The van der Waals surface area contributed by atoms with Crippen LogP contribution in [0.1, 0.15) is 11.9 Å². The van der Waals surface area contributed by atoms with Gasteiger partial charge in [-0.25, -0.2) is 8.42 Å². The number of H-pyrrole nitrogens is 1. The Kier molecular flexibility index (Phi) is 3.37. The van der Waals surface area contributed by atoms with Gasteiger partial charge in [0.05, 0.1) is 11.5 Å². The summed E-state index contributed by atoms with van der Waals surface area (Å²) in [6.07, 6.45) is -0.361. The summed E-state index contributed by atoms with van der Waals surface area (Å²) in [6, 6.07) is 7.46. The number of para-hydroxylation sites is 2. The number of fused-ring (bicyclic) bond motifs is 1. The Hall–Kier alpha value is -2.29. The van der Waals surface area contributed by atoms with Crippen molar-refractivity contribution in [3.8, 4) is 11.5 Å². The molecule has 1 aromatic heterocycles. The van der Waals surface area contributed by atoms with Crippen LogP contribution < -0.4 is 14.4 Å². The first kappa shape index (κ1) is 14.3. The van der Waals surface area contributed by atoms with E-state index in [1.54, 1.807) is 0 Å². The van der Waals surface area contributed by atoms with Crippen molar-refractivity contribution in [3.05, 3.63) is 30.1 Å². The summed E-state index contributed by atoms with van der Waals surface area (Å²) in [5.41, 5.74) is 0. The number of sulfone groups is 1. The van der Waals surface area contributed by atoms with Crippen LogP contribution in [0.5, 0.6) is 11.5 Å². The molecule has 0 spiro atoms. The molecule has 4 rings (SSSR count). The zero-order chi connectivity index (χ0) is 15.9. The molecule has 2 aliphatic heterocycles. The van der Waals surface area contributed by atoms with Gasteiger partial charge in [-0.1, -0.05) is 12.1 Å². The van der Waals surface area contributed by atoms with Crippen molar-refractivity contribution in [2.75, 3.05) is 36.1 Å². The molecular weight excluding hydrogens is 320 g/mol. The van der Waals surface area contributed by atoms with E-state index in [-0.39, 0.29) is 17.6 Å². The Balaban J connectivity index is 1.49. The maximum absolute atomic E-state index is 11.5. The van der Waals surface area contributed by atoms with E-state index >= 15 is 0 Å². The molecule has 23 heavy (non-hydrogen) atoms. The van der Waals surface area contributed by atoms with Gasteiger partial charge < -0.3 is 14.4 Å². The van der Waals surface area contributed by atoms with Gasteiger partial charge >= 0.3 is 0 Å². The Morgan fingerprint density at radius 2 is 1.91 bits per heavy atom. The van der Waals surface area contributed by atoms with Crippen LogP contribution in [0.2, 0.25) is 0 Å². The summed E-state index contributed by atoms with van der Waals surface area (Å²) in [4.78, 5) is 6.30. The molecule has 0 amide bonds. The second kappa shape index (κ2) is 5.41. The monoisotopic (exact) mass is 336 g/mol. The molecule has 3 heterocycles. The third-order valence-corrected chi connectivity index (χ3v) is 5.54. The number of hydrogen-bond acceptors (Lipinski definition) is 7. The number of aromatic nitrogens is 3. The predicted octanol–water partition coefficient (Wildman–Crippen LogP) is 0.552. The van der Waals surface area contributed by atoms with Gasteiger partial charge in [0, 0.05) is 13.1 Å². The fourth-order valence-electron chi connectivity index (χ4n) is 2.62. The van der Waals surface area contributed by atoms with Gasteiger partial charge in [-0.15, -0.1) is 5.10 Å². The number of nitrogens with one attached hydrogen (secondary N) is 1. The van der Waals surface area contributed by atoms with Crippen LogP contribution in [0.4, 0.5) is 5.95 Å². The lowest BCUT2D eigenvalue weighted by Gasteiger charge is -2.26. The molecule has 1 unspecified atom stereocenters. The molecule has 1 aromatic carbocycles. The van der Waals surface area contributed by atoms with E-state index in [0.29, 0.717) is 43.0 Å². The largest absolute Gasteiger partial charge is 0.485 e. The fourth-order valence-corrected chi connectivity index (χ4v) is 3.82. The average Bonchev–Trinajstić information content (AvgIpc) is 3.04. The molecule has 0 bridgehead atoms. The van der Waals surface area contributed by atoms with E-state index in [1.807, 2.05) is 29.2 Å². The molecule has 122 valence electrons. The summed E-state index contributed by atoms with van der Waals surface area (Å²) >= 11 is 0. The van der Waals surface area contributed by atoms with Gasteiger partial charge in [0.15, 0.2) is 33.3 Å². The van der Waals surface area contributed by atoms with E-state index in [9.17, 15) is 8.42 Å². The van der Waals surface area contributed by atoms with Gasteiger partial charge in [0.1, 0.15) is 6.61 Å². The van der Waals surface area contributed by atoms with Gasteiger partial charge in [-0.05, 0) is 12.1 Å². The molecule has 2 aromatic rings. The average molecular weight is 336 g/mol. The first-order valence-corrected chi connectivity index (χ1v) is 9.19. The lowest BCUT2D eigenvalue weighted by Crippen LogP contribution is -2.40. The lowest BCUT2D eigenvalue weighted by atomic mass is 10.2. The second-order valence-corrected chi connectivity index (χ2v) is 7.83. The van der Waals surface area contributed by atoms with Crippen LogP contribution in [-0.2, 0) is 9.84 Å². The van der Waals surface area contributed by atoms with E-state index in [1.165, 1.54) is 0 Å². The third-order valence-electron chi connectivity index (χ3n) is 3.93. The molecule has 1 atom stereocenters. The highest BCUT2D eigenvalue weighted by molar-refractivity contribution is 7.91. The van der Waals surface area contributed by atoms with E-state index in [4.69, 9.17) is 9.47 Å². The Morgan fingerprint density at radius 1 is 1.17 bits per heavy atom. The van der Waals surface area contributed by atoms with Crippen LogP contribution in [0.15, 0.2) is 24.3 Å². The Morgan fingerprint density at radius 3 is 2.70 bits per heavy atom. The molecule has 1 saturated heterocycles. The van der Waals surface area contributed by atoms with Crippen molar-refractivity contribution in [2.24, 2.45) is 0 Å². The summed E-state index contributed by atoms with van der Waals surface area (Å²) in [6.45, 7) is 1.16. The molecule has 0 radical (unpaired) electrons. The number of benzene rings is 1. The molecule has 2 aliphatic rings. The molecule has 8 nitrogen and oxygen atoms in total. The zero-order valence-electron chi connectivity index (χ0n) is 12.3. The Labute approximate surface area is 133 Å². The minimum absolute atomic E-state index is 0.132. The lowest BCUT2D eigenvalue weighted by molar-refractivity contribution is 0.0853. The van der Waals surface area contributed by atoms with Crippen LogP contribution in [0.25, 0.3) is 0 Å². The van der Waals surface area contributed by atoms with Crippen molar-refractivity contribution in [3.63, 3.8) is 0 Å². The number of aromatic amines is 1. The van der Waals surface area contributed by atoms with Gasteiger partial charge in [-0.2, -0.15) is 4.98 Å². The van der Waals surface area contributed by atoms with Crippen LogP contribution in [0.3, 0.4) is 0 Å². The van der Waals surface area contributed by atoms with E-state index < -0.39 is 9.84 Å². The smallest absolute Gasteiger partial charge is 0.244 e. The molecule has 0 saturated carbocycles. The molecule has 0 aliphatic carbocycles. The third kappa shape index (κ3) is 2.83. The SMILES string of the molecule is O=S1(=O)CCN(c2n[nH]c(C3COc4ccccc4O3)n2)CC1. The van der Waals surface area contributed by atoms with Crippen LogP contribution >= 0.6 is 0 Å². The van der Waals surface area contributed by atoms with Crippen molar-refractivity contribution in [1.29, 1.82) is 0 Å². The summed E-state index contributed by atoms with van der Waals surface area (Å²) < 4.78 is 34.5. The summed E-state index contributed by atoms with van der Waals surface area (Å²) in [7, 11) is -2.92. The summed E-state index contributed by atoms with van der Waals surface area (Å²) in [5, 5.41) is 7.05. The highest BCUT2D eigenvalue weighted by Crippen LogP contribution is 2.35. The molecule has 1 N–H and O–H groups in total. The number of ether oxygens (including phenoxy) is 2. The fraction of sp³-hybridized carbons (Fsp3) is 0.429. The highest BCUT2D eigenvalue weighted by atomic mass is 32.2. The topological polar surface area (TPSA) is 97.4 Å². The zero-order valence-corrected chi connectivity index (χ0v) is 13.1. The number of nitrogens with zero attached hydrogens (tertiary/aromatic N) is 3. The maximum atomic E-state index is 11.5. The van der Waals surface area contributed by atoms with Gasteiger partial charge in [-0.3, -0.25) is 5.10 Å².